The molecule has 25 heavy (non-hydrogen) atoms. The van der Waals surface area contributed by atoms with Crippen LogP contribution >= 0.6 is 11.8 Å². The lowest BCUT2D eigenvalue weighted by molar-refractivity contribution is -0.00000777. The standard InChI is InChI=1S/C17H29N3O3S.ClH/c1-2-3-4-5-6-7-14-15(21)18-17(19-16(14)22)24-13-10-20-8-11-23-12-9-20;/h2-13H2,1H3,(H2,18,19,21,22);1H/p-1. The average molecular weight is 391 g/mol. The van der Waals surface area contributed by atoms with Crippen LogP contribution in [0.15, 0.2) is 9.95 Å². The van der Waals surface area contributed by atoms with Crippen LogP contribution in [0.25, 0.3) is 0 Å². The van der Waals surface area contributed by atoms with E-state index in [1.807, 2.05) is 0 Å². The molecule has 8 heteroatoms. The Labute approximate surface area is 160 Å². The lowest BCUT2D eigenvalue weighted by Crippen LogP contribution is -3.00. The number of aromatic hydroxyl groups is 1. The second-order valence-electron chi connectivity index (χ2n) is 6.14. The largest absolute Gasteiger partial charge is 1.00 e. The van der Waals surface area contributed by atoms with E-state index in [0.717, 1.165) is 51.4 Å². The van der Waals surface area contributed by atoms with Crippen LogP contribution < -0.4 is 18.0 Å². The Bertz CT molecular complexity index is 550. The van der Waals surface area contributed by atoms with E-state index in [2.05, 4.69) is 21.8 Å². The Kier molecular flexibility index (Phi) is 11.2. The summed E-state index contributed by atoms with van der Waals surface area (Å²) in [7, 11) is 0. The van der Waals surface area contributed by atoms with E-state index in [9.17, 15) is 9.90 Å². The van der Waals surface area contributed by atoms with E-state index in [1.165, 1.54) is 31.0 Å². The minimum atomic E-state index is -0.202. The zero-order valence-electron chi connectivity index (χ0n) is 14.9. The zero-order valence-corrected chi connectivity index (χ0v) is 16.5. The molecule has 2 N–H and O–H groups in total. The second-order valence-corrected chi connectivity index (χ2v) is 7.22. The van der Waals surface area contributed by atoms with Crippen molar-refractivity contribution in [2.24, 2.45) is 0 Å². The van der Waals surface area contributed by atoms with Crippen molar-refractivity contribution in [2.45, 2.75) is 50.6 Å². The van der Waals surface area contributed by atoms with Crippen LogP contribution in [-0.2, 0) is 11.2 Å². The van der Waals surface area contributed by atoms with E-state index >= 15 is 0 Å². The van der Waals surface area contributed by atoms with Gasteiger partial charge in [0, 0.05) is 25.4 Å². The van der Waals surface area contributed by atoms with Crippen molar-refractivity contribution in [1.29, 1.82) is 0 Å². The third-order valence-electron chi connectivity index (χ3n) is 4.25. The highest BCUT2D eigenvalue weighted by Gasteiger charge is 2.13. The number of H-pyrrole nitrogens is 1. The Morgan fingerprint density at radius 3 is 2.64 bits per heavy atom. The van der Waals surface area contributed by atoms with Gasteiger partial charge in [0.15, 0.2) is 5.16 Å². The monoisotopic (exact) mass is 390 g/mol. The van der Waals surface area contributed by atoms with Crippen LogP contribution in [0.1, 0.15) is 44.6 Å². The van der Waals surface area contributed by atoms with E-state index in [4.69, 9.17) is 4.74 Å². The van der Waals surface area contributed by atoms with Crippen molar-refractivity contribution >= 4 is 11.8 Å². The first-order valence-corrected chi connectivity index (χ1v) is 9.94. The maximum absolute atomic E-state index is 12.1. The van der Waals surface area contributed by atoms with E-state index in [0.29, 0.717) is 17.1 Å². The van der Waals surface area contributed by atoms with Crippen molar-refractivity contribution in [2.75, 3.05) is 38.6 Å². The molecular formula is C17H29ClN3O3S-. The molecular weight excluding hydrogens is 362 g/mol. The van der Waals surface area contributed by atoms with Gasteiger partial charge >= 0.3 is 0 Å². The van der Waals surface area contributed by atoms with Crippen LogP contribution in [0.3, 0.4) is 0 Å². The highest BCUT2D eigenvalue weighted by Crippen LogP contribution is 2.18. The number of unbranched alkanes of at least 4 members (excludes halogenated alkanes) is 4. The molecule has 1 aromatic rings. The molecule has 2 rings (SSSR count). The summed E-state index contributed by atoms with van der Waals surface area (Å²) in [5.41, 5.74) is 0.218. The van der Waals surface area contributed by atoms with Gasteiger partial charge in [-0.2, -0.15) is 4.98 Å². The maximum Gasteiger partial charge on any atom is 0.258 e. The molecule has 1 aliphatic heterocycles. The van der Waals surface area contributed by atoms with Gasteiger partial charge in [-0.15, -0.1) is 0 Å². The van der Waals surface area contributed by atoms with Crippen LogP contribution in [0, 0.1) is 0 Å². The number of nitrogens with zero attached hydrogens (tertiary/aromatic N) is 2. The predicted octanol–water partition coefficient (Wildman–Crippen LogP) is -0.583. The number of aromatic nitrogens is 2. The van der Waals surface area contributed by atoms with Gasteiger partial charge in [0.1, 0.15) is 0 Å². The Morgan fingerprint density at radius 2 is 1.96 bits per heavy atom. The van der Waals surface area contributed by atoms with Gasteiger partial charge in [-0.1, -0.05) is 44.4 Å². The van der Waals surface area contributed by atoms with E-state index in [-0.39, 0.29) is 23.8 Å². The summed E-state index contributed by atoms with van der Waals surface area (Å²) in [5, 5.41) is 10.6. The first-order valence-electron chi connectivity index (χ1n) is 8.95. The third-order valence-corrected chi connectivity index (χ3v) is 5.11. The van der Waals surface area contributed by atoms with Crippen LogP contribution in [0.5, 0.6) is 5.88 Å². The van der Waals surface area contributed by atoms with Crippen molar-refractivity contribution in [3.05, 3.63) is 15.9 Å². The normalized spacial score (nSPS) is 15.1. The molecule has 0 spiro atoms. The van der Waals surface area contributed by atoms with Crippen LogP contribution in [0.2, 0.25) is 0 Å². The average Bonchev–Trinajstić information content (AvgIpc) is 2.58. The smallest absolute Gasteiger partial charge is 0.258 e. The molecule has 2 heterocycles. The topological polar surface area (TPSA) is 78.5 Å². The van der Waals surface area contributed by atoms with Crippen molar-refractivity contribution < 1.29 is 22.3 Å². The summed E-state index contributed by atoms with van der Waals surface area (Å²) in [6, 6.07) is 0. The number of aromatic amines is 1. The lowest BCUT2D eigenvalue weighted by Gasteiger charge is -2.26. The fraction of sp³-hybridized carbons (Fsp3) is 0.765. The second kappa shape index (κ2) is 12.6. The molecule has 144 valence electrons. The van der Waals surface area contributed by atoms with Crippen molar-refractivity contribution in [3.8, 4) is 5.88 Å². The van der Waals surface area contributed by atoms with Crippen LogP contribution in [0.4, 0.5) is 0 Å². The number of morpholine rings is 1. The molecule has 0 aromatic carbocycles. The highest BCUT2D eigenvalue weighted by atomic mass is 35.5. The Balaban J connectivity index is 0.00000312. The lowest BCUT2D eigenvalue weighted by atomic mass is 10.1. The molecule has 0 aliphatic carbocycles. The van der Waals surface area contributed by atoms with Gasteiger partial charge < -0.3 is 27.2 Å². The zero-order chi connectivity index (χ0) is 17.2. The number of ether oxygens (including phenoxy) is 1. The number of halogens is 1. The first-order chi connectivity index (χ1) is 11.7. The molecule has 0 amide bonds. The summed E-state index contributed by atoms with van der Waals surface area (Å²) in [6.07, 6.45) is 6.20. The SMILES string of the molecule is CCCCCCCc1c(O)nc(SCCN2CCOCC2)[nH]c1=O.[Cl-]. The fourth-order valence-corrected chi connectivity index (χ4v) is 3.62. The number of thioether (sulfide) groups is 1. The van der Waals surface area contributed by atoms with Crippen LogP contribution in [-0.4, -0.2) is 58.6 Å². The summed E-state index contributed by atoms with van der Waals surface area (Å²) in [6.45, 7) is 6.58. The molecule has 1 aromatic heterocycles. The van der Waals surface area contributed by atoms with E-state index < -0.39 is 0 Å². The summed E-state index contributed by atoms with van der Waals surface area (Å²) in [5.74, 6) is 0.724. The van der Waals surface area contributed by atoms with Gasteiger partial charge in [0.2, 0.25) is 5.88 Å². The summed E-state index contributed by atoms with van der Waals surface area (Å²) >= 11 is 1.48. The number of hydrogen-bond acceptors (Lipinski definition) is 6. The van der Waals surface area contributed by atoms with Crippen molar-refractivity contribution in [1.82, 2.24) is 14.9 Å². The summed E-state index contributed by atoms with van der Waals surface area (Å²) in [4.78, 5) is 21.4. The van der Waals surface area contributed by atoms with Gasteiger partial charge in [0.25, 0.3) is 5.56 Å². The quantitative estimate of drug-likeness (QED) is 0.316. The molecule has 0 saturated carbocycles. The molecule has 6 nitrogen and oxygen atoms in total. The molecule has 0 bridgehead atoms. The van der Waals surface area contributed by atoms with E-state index in [1.54, 1.807) is 0 Å². The Morgan fingerprint density at radius 1 is 1.24 bits per heavy atom. The molecule has 1 aliphatic rings. The fourth-order valence-electron chi connectivity index (χ4n) is 2.76. The molecule has 1 saturated heterocycles. The molecule has 0 unspecified atom stereocenters. The number of hydrogen-bond donors (Lipinski definition) is 2. The van der Waals surface area contributed by atoms with Gasteiger partial charge in [-0.05, 0) is 12.8 Å². The molecule has 0 atom stereocenters. The van der Waals surface area contributed by atoms with Gasteiger partial charge in [0.05, 0.1) is 18.8 Å². The van der Waals surface area contributed by atoms with Gasteiger partial charge in [-0.25, -0.2) is 0 Å². The maximum atomic E-state index is 12.1. The third kappa shape index (κ3) is 7.98. The first kappa shape index (κ1) is 22.3. The predicted molar refractivity (Wildman–Crippen MR) is 97.0 cm³/mol. The number of rotatable bonds is 10. The molecule has 1 fully saturated rings. The number of nitrogens with one attached hydrogen (secondary N) is 1. The van der Waals surface area contributed by atoms with Gasteiger partial charge in [-0.3, -0.25) is 9.69 Å². The highest BCUT2D eigenvalue weighted by molar-refractivity contribution is 7.99. The molecule has 0 radical (unpaired) electrons. The summed E-state index contributed by atoms with van der Waals surface area (Å²) < 4.78 is 5.32. The van der Waals surface area contributed by atoms with Crippen molar-refractivity contribution in [3.63, 3.8) is 0 Å². The minimum Gasteiger partial charge on any atom is -1.00 e. The Hall–Kier alpha value is -0.760. The minimum absolute atomic E-state index is 0.